The average Bonchev–Trinajstić information content (AvgIpc) is 2.43. The van der Waals surface area contributed by atoms with Crippen LogP contribution in [-0.4, -0.2) is 39.3 Å². The number of rotatable bonds is 9. The third kappa shape index (κ3) is 8.56. The second-order valence-corrected chi connectivity index (χ2v) is 8.33. The van der Waals surface area contributed by atoms with E-state index in [1.54, 1.807) is 12.1 Å². The smallest absolute Gasteiger partial charge is 0.220 e. The van der Waals surface area contributed by atoms with Gasteiger partial charge in [-0.3, -0.25) is 4.79 Å². The van der Waals surface area contributed by atoms with Gasteiger partial charge in [0.1, 0.15) is 5.75 Å². The van der Waals surface area contributed by atoms with Crippen LogP contribution in [0.15, 0.2) is 29.2 Å². The minimum Gasteiger partial charge on any atom is -0.494 e. The molecule has 130 valence electrons. The summed E-state index contributed by atoms with van der Waals surface area (Å²) < 4.78 is 28.2. The maximum atomic E-state index is 11.6. The molecule has 23 heavy (non-hydrogen) atoms. The first-order chi connectivity index (χ1) is 10.6. The summed E-state index contributed by atoms with van der Waals surface area (Å²) in [5.74, 6) is 0.604. The molecular formula is C16H26N2O4S. The first-order valence-corrected chi connectivity index (χ1v) is 9.45. The first kappa shape index (κ1) is 19.4. The number of benzene rings is 1. The van der Waals surface area contributed by atoms with E-state index in [1.165, 1.54) is 18.4 Å². The van der Waals surface area contributed by atoms with Crippen LogP contribution in [0.5, 0.6) is 5.75 Å². The zero-order valence-electron chi connectivity index (χ0n) is 14.0. The van der Waals surface area contributed by atoms with Gasteiger partial charge in [0.15, 0.2) is 9.84 Å². The van der Waals surface area contributed by atoms with Gasteiger partial charge in [-0.1, -0.05) is 0 Å². The van der Waals surface area contributed by atoms with Crippen LogP contribution in [0.3, 0.4) is 0 Å². The largest absolute Gasteiger partial charge is 0.494 e. The highest BCUT2D eigenvalue weighted by molar-refractivity contribution is 7.90. The van der Waals surface area contributed by atoms with Crippen molar-refractivity contribution in [2.75, 3.05) is 19.4 Å². The minimum absolute atomic E-state index is 0.0129. The second kappa shape index (κ2) is 8.31. The standard InChI is InChI=1S/C16H26N2O4S/c1-16(2,17)12-18-15(19)6-4-5-11-22-13-7-9-14(10-8-13)23(3,20)21/h7-10H,4-6,11-12,17H2,1-3H3,(H,18,19). The molecule has 0 spiro atoms. The number of nitrogens with two attached hydrogens (primary N) is 1. The molecule has 0 atom stereocenters. The van der Waals surface area contributed by atoms with E-state index in [1.807, 2.05) is 13.8 Å². The fourth-order valence-corrected chi connectivity index (χ4v) is 2.41. The molecule has 6 nitrogen and oxygen atoms in total. The van der Waals surface area contributed by atoms with Crippen LogP contribution < -0.4 is 15.8 Å². The summed E-state index contributed by atoms with van der Waals surface area (Å²) in [4.78, 5) is 11.9. The molecule has 1 rings (SSSR count). The molecule has 0 aromatic heterocycles. The highest BCUT2D eigenvalue weighted by Crippen LogP contribution is 2.16. The fourth-order valence-electron chi connectivity index (χ4n) is 1.78. The van der Waals surface area contributed by atoms with Crippen molar-refractivity contribution >= 4 is 15.7 Å². The minimum atomic E-state index is -3.18. The molecule has 1 aromatic carbocycles. The number of carbonyl (C=O) groups excluding carboxylic acids is 1. The van der Waals surface area contributed by atoms with Crippen LogP contribution in [0, 0.1) is 0 Å². The van der Waals surface area contributed by atoms with Crippen LogP contribution in [0.1, 0.15) is 33.1 Å². The molecule has 0 aliphatic carbocycles. The van der Waals surface area contributed by atoms with Crippen molar-refractivity contribution in [1.29, 1.82) is 0 Å². The van der Waals surface area contributed by atoms with Crippen molar-refractivity contribution in [3.63, 3.8) is 0 Å². The zero-order chi connectivity index (χ0) is 17.5. The summed E-state index contributed by atoms with van der Waals surface area (Å²) in [6.07, 6.45) is 3.07. The van der Waals surface area contributed by atoms with E-state index in [2.05, 4.69) is 5.32 Å². The number of nitrogens with one attached hydrogen (secondary N) is 1. The molecule has 0 fully saturated rings. The van der Waals surface area contributed by atoms with Gasteiger partial charge in [-0.2, -0.15) is 0 Å². The molecule has 0 heterocycles. The quantitative estimate of drug-likeness (QED) is 0.663. The monoisotopic (exact) mass is 342 g/mol. The Kier molecular flexibility index (Phi) is 7.02. The van der Waals surface area contributed by atoms with E-state index in [4.69, 9.17) is 10.5 Å². The molecule has 0 bridgehead atoms. The number of amides is 1. The molecule has 1 amide bonds. The van der Waals surface area contributed by atoms with E-state index in [9.17, 15) is 13.2 Å². The number of carbonyl (C=O) groups is 1. The van der Waals surface area contributed by atoms with E-state index >= 15 is 0 Å². The maximum absolute atomic E-state index is 11.6. The van der Waals surface area contributed by atoms with Crippen molar-refractivity contribution in [2.45, 2.75) is 43.5 Å². The SMILES string of the molecule is CC(C)(N)CNC(=O)CCCCOc1ccc(S(C)(=O)=O)cc1. The summed E-state index contributed by atoms with van der Waals surface area (Å²) in [5, 5.41) is 2.79. The Balaban J connectivity index is 2.21. The van der Waals surface area contributed by atoms with Gasteiger partial charge in [0.2, 0.25) is 5.91 Å². The van der Waals surface area contributed by atoms with Crippen LogP contribution in [0.2, 0.25) is 0 Å². The third-order valence-electron chi connectivity index (χ3n) is 3.06. The molecule has 3 N–H and O–H groups in total. The maximum Gasteiger partial charge on any atom is 0.220 e. The molecule has 0 aliphatic rings. The second-order valence-electron chi connectivity index (χ2n) is 6.31. The number of unbranched alkanes of at least 4 members (excludes halogenated alkanes) is 1. The molecule has 0 aliphatic heterocycles. The Bertz CT molecular complexity index is 604. The van der Waals surface area contributed by atoms with E-state index in [0.29, 0.717) is 25.3 Å². The highest BCUT2D eigenvalue weighted by Gasteiger charge is 2.11. The van der Waals surface area contributed by atoms with E-state index in [0.717, 1.165) is 12.8 Å². The van der Waals surface area contributed by atoms with Gasteiger partial charge in [-0.05, 0) is 51.0 Å². The highest BCUT2D eigenvalue weighted by atomic mass is 32.2. The summed E-state index contributed by atoms with van der Waals surface area (Å²) in [5.41, 5.74) is 5.38. The van der Waals surface area contributed by atoms with Gasteiger partial charge in [0, 0.05) is 24.8 Å². The normalized spacial score (nSPS) is 12.0. The Morgan fingerprint density at radius 2 is 1.83 bits per heavy atom. The Morgan fingerprint density at radius 1 is 1.22 bits per heavy atom. The predicted octanol–water partition coefficient (Wildman–Crippen LogP) is 1.49. The van der Waals surface area contributed by atoms with Crippen LogP contribution >= 0.6 is 0 Å². The van der Waals surface area contributed by atoms with Gasteiger partial charge < -0.3 is 15.8 Å². The number of hydrogen-bond acceptors (Lipinski definition) is 5. The van der Waals surface area contributed by atoms with Crippen molar-refractivity contribution in [3.05, 3.63) is 24.3 Å². The Hall–Kier alpha value is -1.60. The average molecular weight is 342 g/mol. The predicted molar refractivity (Wildman–Crippen MR) is 90.2 cm³/mol. The van der Waals surface area contributed by atoms with Crippen molar-refractivity contribution < 1.29 is 17.9 Å². The number of ether oxygens (including phenoxy) is 1. The van der Waals surface area contributed by atoms with E-state index in [-0.39, 0.29) is 10.8 Å². The van der Waals surface area contributed by atoms with Crippen LogP contribution in [0.25, 0.3) is 0 Å². The lowest BCUT2D eigenvalue weighted by molar-refractivity contribution is -0.121. The lowest BCUT2D eigenvalue weighted by Crippen LogP contribution is -2.45. The summed E-state index contributed by atoms with van der Waals surface area (Å²) in [6, 6.07) is 6.30. The Labute approximate surface area is 138 Å². The van der Waals surface area contributed by atoms with Crippen LogP contribution in [0.4, 0.5) is 0 Å². The van der Waals surface area contributed by atoms with Crippen molar-refractivity contribution in [1.82, 2.24) is 5.32 Å². The topological polar surface area (TPSA) is 98.5 Å². The number of sulfone groups is 1. The lowest BCUT2D eigenvalue weighted by Gasteiger charge is -2.18. The lowest BCUT2D eigenvalue weighted by atomic mass is 10.1. The number of hydrogen-bond donors (Lipinski definition) is 2. The fraction of sp³-hybridized carbons (Fsp3) is 0.562. The van der Waals surface area contributed by atoms with E-state index < -0.39 is 15.4 Å². The zero-order valence-corrected chi connectivity index (χ0v) is 14.8. The third-order valence-corrected chi connectivity index (χ3v) is 4.19. The Morgan fingerprint density at radius 3 is 2.35 bits per heavy atom. The van der Waals surface area contributed by atoms with Gasteiger partial charge in [0.25, 0.3) is 0 Å². The molecule has 0 saturated heterocycles. The van der Waals surface area contributed by atoms with Crippen molar-refractivity contribution in [2.24, 2.45) is 5.73 Å². The summed E-state index contributed by atoms with van der Waals surface area (Å²) in [6.45, 7) is 4.65. The molecule has 0 unspecified atom stereocenters. The molecule has 0 radical (unpaired) electrons. The molecule has 1 aromatic rings. The molecule has 7 heteroatoms. The summed E-state index contributed by atoms with van der Waals surface area (Å²) >= 11 is 0. The van der Waals surface area contributed by atoms with Gasteiger partial charge in [0.05, 0.1) is 11.5 Å². The summed E-state index contributed by atoms with van der Waals surface area (Å²) in [7, 11) is -3.18. The van der Waals surface area contributed by atoms with Gasteiger partial charge in [-0.15, -0.1) is 0 Å². The molecule has 0 saturated carbocycles. The van der Waals surface area contributed by atoms with Gasteiger partial charge in [-0.25, -0.2) is 8.42 Å². The van der Waals surface area contributed by atoms with Crippen LogP contribution in [-0.2, 0) is 14.6 Å². The molecular weight excluding hydrogens is 316 g/mol. The van der Waals surface area contributed by atoms with Crippen molar-refractivity contribution in [3.8, 4) is 5.75 Å². The van der Waals surface area contributed by atoms with Gasteiger partial charge >= 0.3 is 0 Å². The first-order valence-electron chi connectivity index (χ1n) is 7.56.